The number of hydrogen-bond donors (Lipinski definition) is 2. The van der Waals surface area contributed by atoms with Gasteiger partial charge >= 0.3 is 0 Å². The van der Waals surface area contributed by atoms with Crippen molar-refractivity contribution in [1.29, 1.82) is 0 Å². The molecule has 3 aromatic rings. The van der Waals surface area contributed by atoms with Gasteiger partial charge in [-0.25, -0.2) is 0 Å². The standard InChI is InChI=1S/C18H16N2/c19-15-8-4-7-14(11-15)17-10-9-16(20)12-18(17)13-5-2-1-3-6-13/h1-12H,19-20H2. The minimum atomic E-state index is 0.761. The number of nitrogens with two attached hydrogens (primary N) is 2. The molecule has 98 valence electrons. The fraction of sp³-hybridized carbons (Fsp3) is 0. The first-order valence-corrected chi connectivity index (χ1v) is 6.55. The minimum absolute atomic E-state index is 0.761. The van der Waals surface area contributed by atoms with E-state index in [1.165, 1.54) is 0 Å². The summed E-state index contributed by atoms with van der Waals surface area (Å²) in [6.07, 6.45) is 0. The Morgan fingerprint density at radius 2 is 1.20 bits per heavy atom. The second-order valence-corrected chi connectivity index (χ2v) is 4.80. The summed E-state index contributed by atoms with van der Waals surface area (Å²) < 4.78 is 0. The van der Waals surface area contributed by atoms with E-state index in [4.69, 9.17) is 11.5 Å². The Labute approximate surface area is 118 Å². The summed E-state index contributed by atoms with van der Waals surface area (Å²) in [6.45, 7) is 0. The van der Waals surface area contributed by atoms with Crippen molar-refractivity contribution in [3.63, 3.8) is 0 Å². The van der Waals surface area contributed by atoms with Gasteiger partial charge in [-0.2, -0.15) is 0 Å². The summed E-state index contributed by atoms with van der Waals surface area (Å²) in [5.41, 5.74) is 17.9. The molecule has 2 nitrogen and oxygen atoms in total. The summed E-state index contributed by atoms with van der Waals surface area (Å²) >= 11 is 0. The van der Waals surface area contributed by atoms with Crippen molar-refractivity contribution in [2.75, 3.05) is 11.5 Å². The molecule has 0 saturated heterocycles. The van der Waals surface area contributed by atoms with Crippen LogP contribution in [-0.2, 0) is 0 Å². The van der Waals surface area contributed by atoms with Crippen molar-refractivity contribution >= 4 is 11.4 Å². The van der Waals surface area contributed by atoms with Crippen LogP contribution in [0.5, 0.6) is 0 Å². The molecule has 0 aliphatic carbocycles. The fourth-order valence-corrected chi connectivity index (χ4v) is 2.38. The van der Waals surface area contributed by atoms with Gasteiger partial charge in [0.2, 0.25) is 0 Å². The van der Waals surface area contributed by atoms with Crippen molar-refractivity contribution in [2.24, 2.45) is 0 Å². The number of hydrogen-bond acceptors (Lipinski definition) is 2. The van der Waals surface area contributed by atoms with E-state index in [0.717, 1.165) is 33.6 Å². The molecule has 2 heteroatoms. The van der Waals surface area contributed by atoms with Gasteiger partial charge in [-0.05, 0) is 46.5 Å². The quantitative estimate of drug-likeness (QED) is 0.679. The molecule has 0 fully saturated rings. The maximum atomic E-state index is 5.95. The van der Waals surface area contributed by atoms with Gasteiger partial charge in [-0.3, -0.25) is 0 Å². The zero-order chi connectivity index (χ0) is 13.9. The van der Waals surface area contributed by atoms with Gasteiger partial charge in [0.05, 0.1) is 0 Å². The van der Waals surface area contributed by atoms with Crippen LogP contribution < -0.4 is 11.5 Å². The maximum Gasteiger partial charge on any atom is 0.0320 e. The van der Waals surface area contributed by atoms with Crippen molar-refractivity contribution in [1.82, 2.24) is 0 Å². The van der Waals surface area contributed by atoms with E-state index in [2.05, 4.69) is 18.2 Å². The number of anilines is 2. The Bertz CT molecular complexity index is 733. The largest absolute Gasteiger partial charge is 0.399 e. The lowest BCUT2D eigenvalue weighted by Gasteiger charge is -2.12. The van der Waals surface area contributed by atoms with Crippen LogP contribution in [-0.4, -0.2) is 0 Å². The topological polar surface area (TPSA) is 52.0 Å². The van der Waals surface area contributed by atoms with E-state index >= 15 is 0 Å². The normalized spacial score (nSPS) is 10.4. The molecule has 0 atom stereocenters. The van der Waals surface area contributed by atoms with Crippen molar-refractivity contribution < 1.29 is 0 Å². The second kappa shape index (κ2) is 5.10. The van der Waals surface area contributed by atoms with E-state index in [1.807, 2.05) is 54.6 Å². The summed E-state index contributed by atoms with van der Waals surface area (Å²) in [7, 11) is 0. The van der Waals surface area contributed by atoms with Gasteiger partial charge in [0.25, 0.3) is 0 Å². The van der Waals surface area contributed by atoms with Crippen molar-refractivity contribution in [3.05, 3.63) is 72.8 Å². The molecule has 0 unspecified atom stereocenters. The van der Waals surface area contributed by atoms with Gasteiger partial charge in [0, 0.05) is 11.4 Å². The van der Waals surface area contributed by atoms with Gasteiger partial charge < -0.3 is 11.5 Å². The molecule has 3 rings (SSSR count). The monoisotopic (exact) mass is 260 g/mol. The Morgan fingerprint density at radius 1 is 0.500 bits per heavy atom. The van der Waals surface area contributed by atoms with Crippen LogP contribution in [0, 0.1) is 0 Å². The third kappa shape index (κ3) is 2.36. The zero-order valence-electron chi connectivity index (χ0n) is 11.1. The van der Waals surface area contributed by atoms with Crippen molar-refractivity contribution in [3.8, 4) is 22.3 Å². The Kier molecular flexibility index (Phi) is 3.13. The number of nitrogen functional groups attached to an aromatic ring is 2. The van der Waals surface area contributed by atoms with Crippen LogP contribution >= 0.6 is 0 Å². The van der Waals surface area contributed by atoms with Gasteiger partial charge in [-0.1, -0.05) is 48.5 Å². The average molecular weight is 260 g/mol. The highest BCUT2D eigenvalue weighted by Gasteiger charge is 2.08. The van der Waals surface area contributed by atoms with Gasteiger partial charge in [0.15, 0.2) is 0 Å². The average Bonchev–Trinajstić information content (AvgIpc) is 2.48. The van der Waals surface area contributed by atoms with E-state index < -0.39 is 0 Å². The third-order valence-corrected chi connectivity index (χ3v) is 3.33. The van der Waals surface area contributed by atoms with Gasteiger partial charge in [-0.15, -0.1) is 0 Å². The predicted octanol–water partition coefficient (Wildman–Crippen LogP) is 4.19. The Balaban J connectivity index is 2.22. The molecule has 0 aromatic heterocycles. The first-order chi connectivity index (χ1) is 9.74. The molecule has 0 aliphatic heterocycles. The van der Waals surface area contributed by atoms with Crippen LogP contribution in [0.3, 0.4) is 0 Å². The number of rotatable bonds is 2. The molecule has 0 amide bonds. The zero-order valence-corrected chi connectivity index (χ0v) is 11.1. The lowest BCUT2D eigenvalue weighted by atomic mass is 9.94. The Morgan fingerprint density at radius 3 is 1.95 bits per heavy atom. The summed E-state index contributed by atoms with van der Waals surface area (Å²) in [6, 6.07) is 24.1. The molecule has 0 spiro atoms. The highest BCUT2D eigenvalue weighted by Crippen LogP contribution is 2.34. The Hall–Kier alpha value is -2.74. The van der Waals surface area contributed by atoms with Crippen LogP contribution in [0.4, 0.5) is 11.4 Å². The van der Waals surface area contributed by atoms with E-state index in [9.17, 15) is 0 Å². The van der Waals surface area contributed by atoms with E-state index in [0.29, 0.717) is 0 Å². The smallest absolute Gasteiger partial charge is 0.0320 e. The summed E-state index contributed by atoms with van der Waals surface area (Å²) in [5, 5.41) is 0. The van der Waals surface area contributed by atoms with E-state index in [-0.39, 0.29) is 0 Å². The highest BCUT2D eigenvalue weighted by atomic mass is 14.5. The van der Waals surface area contributed by atoms with Gasteiger partial charge in [0.1, 0.15) is 0 Å². The molecule has 0 radical (unpaired) electrons. The first kappa shape index (κ1) is 12.3. The SMILES string of the molecule is Nc1cccc(-c2ccc(N)cc2-c2ccccc2)c1. The second-order valence-electron chi connectivity index (χ2n) is 4.80. The van der Waals surface area contributed by atoms with Crippen LogP contribution in [0.2, 0.25) is 0 Å². The molecular formula is C18H16N2. The molecule has 4 N–H and O–H groups in total. The highest BCUT2D eigenvalue weighted by molar-refractivity contribution is 5.86. The van der Waals surface area contributed by atoms with Crippen molar-refractivity contribution in [2.45, 2.75) is 0 Å². The molecule has 3 aromatic carbocycles. The lowest BCUT2D eigenvalue weighted by molar-refractivity contribution is 1.57. The molecule has 0 heterocycles. The predicted molar refractivity (Wildman–Crippen MR) is 86.1 cm³/mol. The molecule has 0 saturated carbocycles. The maximum absolute atomic E-state index is 5.95. The lowest BCUT2D eigenvalue weighted by Crippen LogP contribution is -1.91. The fourth-order valence-electron chi connectivity index (χ4n) is 2.38. The van der Waals surface area contributed by atoms with Crippen LogP contribution in [0.1, 0.15) is 0 Å². The summed E-state index contributed by atoms with van der Waals surface area (Å²) in [5.74, 6) is 0. The van der Waals surface area contributed by atoms with Crippen LogP contribution in [0.15, 0.2) is 72.8 Å². The first-order valence-electron chi connectivity index (χ1n) is 6.55. The van der Waals surface area contributed by atoms with E-state index in [1.54, 1.807) is 0 Å². The molecule has 0 aliphatic rings. The summed E-state index contributed by atoms with van der Waals surface area (Å²) in [4.78, 5) is 0. The third-order valence-electron chi connectivity index (χ3n) is 3.33. The molecule has 20 heavy (non-hydrogen) atoms. The number of benzene rings is 3. The molecule has 0 bridgehead atoms. The minimum Gasteiger partial charge on any atom is -0.399 e. The van der Waals surface area contributed by atoms with Crippen LogP contribution in [0.25, 0.3) is 22.3 Å². The molecular weight excluding hydrogens is 244 g/mol.